The van der Waals surface area contributed by atoms with Crippen molar-refractivity contribution < 1.29 is 4.79 Å². The highest BCUT2D eigenvalue weighted by atomic mass is 79.9. The fraction of sp³-hybridized carbons (Fsp3) is 0.588. The van der Waals surface area contributed by atoms with Crippen molar-refractivity contribution in [1.82, 2.24) is 5.32 Å². The zero-order valence-corrected chi connectivity index (χ0v) is 13.8. The Labute approximate surface area is 130 Å². The van der Waals surface area contributed by atoms with Crippen molar-refractivity contribution in [2.75, 3.05) is 6.54 Å². The third kappa shape index (κ3) is 5.28. The molecule has 2 rings (SSSR count). The Bertz CT molecular complexity index is 421. The Kier molecular flexibility index (Phi) is 6.08. The van der Waals surface area contributed by atoms with Crippen molar-refractivity contribution in [3.05, 3.63) is 35.4 Å². The van der Waals surface area contributed by atoms with E-state index in [4.69, 9.17) is 0 Å². The number of amides is 1. The summed E-state index contributed by atoms with van der Waals surface area (Å²) in [6.07, 6.45) is 6.37. The minimum Gasteiger partial charge on any atom is -0.356 e. The summed E-state index contributed by atoms with van der Waals surface area (Å²) in [5.41, 5.74) is 2.51. The van der Waals surface area contributed by atoms with E-state index in [9.17, 15) is 4.79 Å². The highest BCUT2D eigenvalue weighted by Gasteiger charge is 2.19. The predicted octanol–water partition coefficient (Wildman–Crippen LogP) is 4.00. The Morgan fingerprint density at radius 2 is 1.85 bits per heavy atom. The number of nitrogens with one attached hydrogen (secondary N) is 1. The van der Waals surface area contributed by atoms with E-state index in [0.29, 0.717) is 17.2 Å². The van der Waals surface area contributed by atoms with Gasteiger partial charge >= 0.3 is 0 Å². The molecule has 1 aliphatic carbocycles. The molecule has 0 heterocycles. The SMILES string of the molecule is Cc1ccc(CCC(=O)NCC2CCC(Br)CC2)cc1. The summed E-state index contributed by atoms with van der Waals surface area (Å²) in [7, 11) is 0. The lowest BCUT2D eigenvalue weighted by molar-refractivity contribution is -0.121. The van der Waals surface area contributed by atoms with Crippen molar-refractivity contribution in [2.45, 2.75) is 50.3 Å². The molecule has 0 spiro atoms. The molecule has 1 amide bonds. The molecule has 2 nitrogen and oxygen atoms in total. The van der Waals surface area contributed by atoms with Crippen LogP contribution in [0.15, 0.2) is 24.3 Å². The number of aryl methyl sites for hydroxylation is 2. The van der Waals surface area contributed by atoms with Gasteiger partial charge in [0.25, 0.3) is 0 Å². The maximum atomic E-state index is 11.9. The summed E-state index contributed by atoms with van der Waals surface area (Å²) in [4.78, 5) is 12.6. The monoisotopic (exact) mass is 337 g/mol. The fourth-order valence-electron chi connectivity index (χ4n) is 2.69. The molecule has 0 aliphatic heterocycles. The predicted molar refractivity (Wildman–Crippen MR) is 87.2 cm³/mol. The van der Waals surface area contributed by atoms with Crippen LogP contribution in [0, 0.1) is 12.8 Å². The lowest BCUT2D eigenvalue weighted by Crippen LogP contribution is -2.31. The number of hydrogen-bond donors (Lipinski definition) is 1. The Balaban J connectivity index is 1.64. The van der Waals surface area contributed by atoms with Crippen molar-refractivity contribution in [3.8, 4) is 0 Å². The second-order valence-corrected chi connectivity index (χ2v) is 7.20. The molecule has 0 unspecified atom stereocenters. The molecule has 0 aromatic heterocycles. The molecule has 1 aromatic carbocycles. The molecule has 1 saturated carbocycles. The standard InChI is InChI=1S/C17H24BrNO/c1-13-2-4-14(5-3-13)8-11-17(20)19-12-15-6-9-16(18)10-7-15/h2-5,15-16H,6-12H2,1H3,(H,19,20). The van der Waals surface area contributed by atoms with Gasteiger partial charge in [0.1, 0.15) is 0 Å². The van der Waals surface area contributed by atoms with Gasteiger partial charge in [0.15, 0.2) is 0 Å². The van der Waals surface area contributed by atoms with Gasteiger partial charge in [-0.2, -0.15) is 0 Å². The van der Waals surface area contributed by atoms with E-state index in [-0.39, 0.29) is 5.91 Å². The van der Waals surface area contributed by atoms with Crippen LogP contribution in [-0.2, 0) is 11.2 Å². The molecule has 110 valence electrons. The van der Waals surface area contributed by atoms with Crippen LogP contribution >= 0.6 is 15.9 Å². The van der Waals surface area contributed by atoms with Gasteiger partial charge in [-0.3, -0.25) is 4.79 Å². The van der Waals surface area contributed by atoms with Crippen LogP contribution in [0.3, 0.4) is 0 Å². The highest BCUT2D eigenvalue weighted by molar-refractivity contribution is 9.09. The van der Waals surface area contributed by atoms with Crippen LogP contribution in [0.25, 0.3) is 0 Å². The van der Waals surface area contributed by atoms with Gasteiger partial charge in [0.2, 0.25) is 5.91 Å². The fourth-order valence-corrected chi connectivity index (χ4v) is 3.21. The van der Waals surface area contributed by atoms with Crippen LogP contribution in [0.4, 0.5) is 0 Å². The zero-order chi connectivity index (χ0) is 14.4. The Morgan fingerprint density at radius 3 is 2.50 bits per heavy atom. The molecular formula is C17H24BrNO. The average Bonchev–Trinajstić information content (AvgIpc) is 2.46. The van der Waals surface area contributed by atoms with Crippen molar-refractivity contribution in [3.63, 3.8) is 0 Å². The molecule has 0 radical (unpaired) electrons. The van der Waals surface area contributed by atoms with Gasteiger partial charge in [-0.05, 0) is 50.5 Å². The van der Waals surface area contributed by atoms with E-state index < -0.39 is 0 Å². The molecule has 1 N–H and O–H groups in total. The number of benzene rings is 1. The molecule has 0 bridgehead atoms. The van der Waals surface area contributed by atoms with E-state index in [1.54, 1.807) is 0 Å². The normalized spacial score (nSPS) is 22.5. The number of carbonyl (C=O) groups is 1. The van der Waals surface area contributed by atoms with Gasteiger partial charge in [-0.1, -0.05) is 45.8 Å². The van der Waals surface area contributed by atoms with E-state index in [2.05, 4.69) is 52.4 Å². The highest BCUT2D eigenvalue weighted by Crippen LogP contribution is 2.28. The van der Waals surface area contributed by atoms with Gasteiger partial charge in [0, 0.05) is 17.8 Å². The second-order valence-electron chi connectivity index (χ2n) is 5.91. The summed E-state index contributed by atoms with van der Waals surface area (Å²) >= 11 is 3.66. The quantitative estimate of drug-likeness (QED) is 0.808. The van der Waals surface area contributed by atoms with Crippen LogP contribution in [-0.4, -0.2) is 17.3 Å². The molecule has 3 heteroatoms. The van der Waals surface area contributed by atoms with E-state index in [0.717, 1.165) is 13.0 Å². The second kappa shape index (κ2) is 7.82. The molecule has 0 saturated heterocycles. The average molecular weight is 338 g/mol. The molecule has 1 aliphatic rings. The smallest absolute Gasteiger partial charge is 0.220 e. The van der Waals surface area contributed by atoms with Crippen molar-refractivity contribution in [1.29, 1.82) is 0 Å². The Morgan fingerprint density at radius 1 is 1.20 bits per heavy atom. The summed E-state index contributed by atoms with van der Waals surface area (Å²) < 4.78 is 0. The molecule has 1 fully saturated rings. The minimum atomic E-state index is 0.187. The topological polar surface area (TPSA) is 29.1 Å². The first kappa shape index (κ1) is 15.6. The number of halogens is 1. The lowest BCUT2D eigenvalue weighted by Gasteiger charge is -2.25. The van der Waals surface area contributed by atoms with Crippen LogP contribution in [0.1, 0.15) is 43.2 Å². The van der Waals surface area contributed by atoms with Crippen LogP contribution < -0.4 is 5.32 Å². The molecule has 1 aromatic rings. The van der Waals surface area contributed by atoms with E-state index >= 15 is 0 Å². The van der Waals surface area contributed by atoms with Gasteiger partial charge in [-0.15, -0.1) is 0 Å². The lowest BCUT2D eigenvalue weighted by atomic mass is 9.89. The van der Waals surface area contributed by atoms with Crippen LogP contribution in [0.5, 0.6) is 0 Å². The van der Waals surface area contributed by atoms with E-state index in [1.807, 2.05) is 0 Å². The molecule has 20 heavy (non-hydrogen) atoms. The van der Waals surface area contributed by atoms with Crippen LogP contribution in [0.2, 0.25) is 0 Å². The number of rotatable bonds is 5. The first-order valence-corrected chi connectivity index (χ1v) is 8.51. The molecule has 0 atom stereocenters. The zero-order valence-electron chi connectivity index (χ0n) is 12.2. The summed E-state index contributed by atoms with van der Waals surface area (Å²) in [5.74, 6) is 0.860. The van der Waals surface area contributed by atoms with Gasteiger partial charge in [0.05, 0.1) is 0 Å². The Hall–Kier alpha value is -0.830. The molecular weight excluding hydrogens is 314 g/mol. The first-order chi connectivity index (χ1) is 9.63. The maximum Gasteiger partial charge on any atom is 0.220 e. The first-order valence-electron chi connectivity index (χ1n) is 7.60. The number of alkyl halides is 1. The minimum absolute atomic E-state index is 0.187. The summed E-state index contributed by atoms with van der Waals surface area (Å²) in [6.45, 7) is 2.94. The maximum absolute atomic E-state index is 11.9. The summed E-state index contributed by atoms with van der Waals surface area (Å²) in [6, 6.07) is 8.43. The third-order valence-corrected chi connectivity index (χ3v) is 5.04. The summed E-state index contributed by atoms with van der Waals surface area (Å²) in [5, 5.41) is 3.09. The third-order valence-electron chi connectivity index (χ3n) is 4.13. The number of carbonyl (C=O) groups excluding carboxylic acids is 1. The van der Waals surface area contributed by atoms with Crippen molar-refractivity contribution in [2.24, 2.45) is 5.92 Å². The van der Waals surface area contributed by atoms with E-state index in [1.165, 1.54) is 36.8 Å². The van der Waals surface area contributed by atoms with Crippen molar-refractivity contribution >= 4 is 21.8 Å². The number of hydrogen-bond acceptors (Lipinski definition) is 1. The van der Waals surface area contributed by atoms with Gasteiger partial charge in [-0.25, -0.2) is 0 Å². The largest absolute Gasteiger partial charge is 0.356 e. The van der Waals surface area contributed by atoms with Gasteiger partial charge < -0.3 is 5.32 Å².